The maximum absolute atomic E-state index is 14.0. The van der Waals surface area contributed by atoms with Crippen LogP contribution in [0.3, 0.4) is 0 Å². The molecule has 1 atom stereocenters. The third kappa shape index (κ3) is 5.16. The summed E-state index contributed by atoms with van der Waals surface area (Å²) in [5.74, 6) is -3.56. The van der Waals surface area contributed by atoms with Crippen molar-refractivity contribution in [3.63, 3.8) is 0 Å². The second-order valence-electron chi connectivity index (χ2n) is 9.41. The van der Waals surface area contributed by atoms with Crippen LogP contribution in [0.15, 0.2) is 36.4 Å². The molecule has 2 heterocycles. The van der Waals surface area contributed by atoms with E-state index in [1.54, 1.807) is 24.3 Å². The Morgan fingerprint density at radius 3 is 2.36 bits per heavy atom. The molecule has 2 N–H and O–H groups in total. The van der Waals surface area contributed by atoms with Gasteiger partial charge >= 0.3 is 6.03 Å². The lowest BCUT2D eigenvalue weighted by atomic mass is 9.92. The van der Waals surface area contributed by atoms with Crippen molar-refractivity contribution in [3.8, 4) is 5.69 Å². The number of amides is 2. The van der Waals surface area contributed by atoms with Crippen LogP contribution in [0.1, 0.15) is 32.0 Å². The Morgan fingerprint density at radius 2 is 1.72 bits per heavy atom. The van der Waals surface area contributed by atoms with Crippen LogP contribution in [-0.4, -0.2) is 34.5 Å². The number of nitrogens with one attached hydrogen (secondary N) is 2. The fourth-order valence-corrected chi connectivity index (χ4v) is 6.84. The number of rotatable bonds is 4. The first-order chi connectivity index (χ1) is 16.6. The third-order valence-corrected chi connectivity index (χ3v) is 8.06. The molecule has 0 fully saturated rings. The molecule has 0 spiro atoms. The molecule has 0 saturated heterocycles. The van der Waals surface area contributed by atoms with Gasteiger partial charge in [0.2, 0.25) is 10.0 Å². The van der Waals surface area contributed by atoms with E-state index < -0.39 is 39.2 Å². The van der Waals surface area contributed by atoms with Crippen LogP contribution in [0, 0.1) is 17.5 Å². The first-order valence-electron chi connectivity index (χ1n) is 10.7. The number of carbonyl (C=O) groups excluding carboxylic acids is 1. The van der Waals surface area contributed by atoms with Gasteiger partial charge in [0.25, 0.3) is 0 Å². The molecule has 2 aromatic carbocycles. The molecule has 8 nitrogen and oxygen atoms in total. The number of carbonyl (C=O) groups is 1. The van der Waals surface area contributed by atoms with Gasteiger partial charge in [-0.05, 0) is 23.8 Å². The molecule has 1 aliphatic heterocycles. The summed E-state index contributed by atoms with van der Waals surface area (Å²) in [5, 5.41) is 9.38. The minimum absolute atomic E-state index is 0.240. The summed E-state index contributed by atoms with van der Waals surface area (Å²) in [6.45, 7) is 5.81. The Bertz CT molecular complexity index is 1470. The molecule has 0 bridgehead atoms. The molecule has 3 aromatic rings. The zero-order valence-electron chi connectivity index (χ0n) is 19.7. The molecule has 13 heteroatoms. The van der Waals surface area contributed by atoms with Crippen molar-refractivity contribution in [1.82, 2.24) is 9.78 Å². The number of nitrogens with zero attached hydrogens (tertiary/aromatic N) is 3. The van der Waals surface area contributed by atoms with Gasteiger partial charge in [0.05, 0.1) is 29.0 Å². The fourth-order valence-electron chi connectivity index (χ4n) is 3.81. The molecule has 0 radical (unpaired) electrons. The maximum Gasteiger partial charge on any atom is 0.324 e. The molecule has 192 valence electrons. The lowest BCUT2D eigenvalue weighted by Crippen LogP contribution is -2.32. The van der Waals surface area contributed by atoms with Crippen molar-refractivity contribution < 1.29 is 26.4 Å². The summed E-state index contributed by atoms with van der Waals surface area (Å²) < 4.78 is 67.8. The summed E-state index contributed by atoms with van der Waals surface area (Å²) in [7, 11) is -3.46. The van der Waals surface area contributed by atoms with Gasteiger partial charge in [0.15, 0.2) is 11.6 Å². The van der Waals surface area contributed by atoms with E-state index in [2.05, 4.69) is 38.3 Å². The van der Waals surface area contributed by atoms with Crippen LogP contribution in [0.25, 0.3) is 5.69 Å². The van der Waals surface area contributed by atoms with Crippen LogP contribution in [0.4, 0.5) is 35.2 Å². The van der Waals surface area contributed by atoms with Gasteiger partial charge < -0.3 is 5.32 Å². The van der Waals surface area contributed by atoms with Crippen molar-refractivity contribution in [2.45, 2.75) is 36.7 Å². The summed E-state index contributed by atoms with van der Waals surface area (Å²) >= 11 is 2.07. The SMILES string of the molecule is CC(C)(C)c1cc(NC(=O)Nc2cc(F)c(F)cc2F)n(-c2ccc3c(c2)CC(I)N3S(C)(=O)=O)n1. The zero-order valence-corrected chi connectivity index (χ0v) is 22.7. The number of sulfonamides is 1. The normalized spacial score (nSPS) is 15.7. The predicted molar refractivity (Wildman–Crippen MR) is 140 cm³/mol. The average Bonchev–Trinajstić information content (AvgIpc) is 3.31. The number of hydrogen-bond donors (Lipinski definition) is 2. The van der Waals surface area contributed by atoms with Crippen molar-refractivity contribution in [2.75, 3.05) is 21.2 Å². The molecule has 1 aromatic heterocycles. The Kier molecular flexibility index (Phi) is 6.75. The number of aromatic nitrogens is 2. The van der Waals surface area contributed by atoms with Gasteiger partial charge in [-0.15, -0.1) is 0 Å². The van der Waals surface area contributed by atoms with E-state index in [-0.39, 0.29) is 15.3 Å². The molecule has 4 rings (SSSR count). The van der Waals surface area contributed by atoms with E-state index in [0.29, 0.717) is 35.6 Å². The summed E-state index contributed by atoms with van der Waals surface area (Å²) in [6.07, 6.45) is 1.64. The number of fused-ring (bicyclic) bond motifs is 1. The van der Waals surface area contributed by atoms with Crippen molar-refractivity contribution in [2.24, 2.45) is 0 Å². The Hall–Kier alpha value is -2.81. The maximum atomic E-state index is 14.0. The number of hydrogen-bond acceptors (Lipinski definition) is 4. The van der Waals surface area contributed by atoms with Gasteiger partial charge in [-0.2, -0.15) is 5.10 Å². The smallest absolute Gasteiger partial charge is 0.305 e. The molecule has 2 amide bonds. The average molecular weight is 633 g/mol. The van der Waals surface area contributed by atoms with E-state index in [0.717, 1.165) is 11.8 Å². The van der Waals surface area contributed by atoms with Gasteiger partial charge in [0, 0.05) is 30.0 Å². The Morgan fingerprint density at radius 1 is 1.06 bits per heavy atom. The highest BCUT2D eigenvalue weighted by Crippen LogP contribution is 2.38. The van der Waals surface area contributed by atoms with Crippen molar-refractivity contribution in [1.29, 1.82) is 0 Å². The van der Waals surface area contributed by atoms with E-state index in [1.807, 2.05) is 20.8 Å². The summed E-state index contributed by atoms with van der Waals surface area (Å²) in [6, 6.07) is 6.82. The fraction of sp³-hybridized carbons (Fsp3) is 0.304. The highest BCUT2D eigenvalue weighted by molar-refractivity contribution is 14.1. The quantitative estimate of drug-likeness (QED) is 0.176. The highest BCUT2D eigenvalue weighted by Gasteiger charge is 2.34. The molecule has 36 heavy (non-hydrogen) atoms. The van der Waals surface area contributed by atoms with E-state index in [9.17, 15) is 26.4 Å². The number of anilines is 3. The second kappa shape index (κ2) is 9.25. The molecule has 0 aliphatic carbocycles. The van der Waals surface area contributed by atoms with Crippen LogP contribution in [0.2, 0.25) is 0 Å². The lowest BCUT2D eigenvalue weighted by Gasteiger charge is -2.20. The minimum Gasteiger partial charge on any atom is -0.305 e. The number of alkyl halides is 1. The molecule has 1 aliphatic rings. The highest BCUT2D eigenvalue weighted by atomic mass is 127. The van der Waals surface area contributed by atoms with E-state index >= 15 is 0 Å². The van der Waals surface area contributed by atoms with Crippen LogP contribution >= 0.6 is 22.6 Å². The first kappa shape index (κ1) is 26.3. The largest absolute Gasteiger partial charge is 0.324 e. The van der Waals surface area contributed by atoms with Gasteiger partial charge in [-0.25, -0.2) is 31.1 Å². The molecule has 0 saturated carbocycles. The second-order valence-corrected chi connectivity index (χ2v) is 12.7. The Labute approximate surface area is 220 Å². The standard InChI is InChI=1S/C23H23F3IN5O3S/c1-23(2,3)19-11-21(29-22(33)28-17-10-15(25)14(24)9-16(17)26)31(30-19)13-5-6-18-12(7-13)8-20(27)32(18)36(4,34)35/h5-7,9-11,20H,8H2,1-4H3,(H2,28,29,33). The molecular formula is C23H23F3IN5O3S. The van der Waals surface area contributed by atoms with Gasteiger partial charge in [0.1, 0.15) is 15.7 Å². The van der Waals surface area contributed by atoms with E-state index in [1.165, 1.54) is 8.99 Å². The van der Waals surface area contributed by atoms with Crippen molar-refractivity contribution in [3.05, 3.63) is 65.1 Å². The van der Waals surface area contributed by atoms with Gasteiger partial charge in [-0.1, -0.05) is 43.4 Å². The monoisotopic (exact) mass is 633 g/mol. The third-order valence-electron chi connectivity index (χ3n) is 5.52. The summed E-state index contributed by atoms with van der Waals surface area (Å²) in [4.78, 5) is 12.6. The number of urea groups is 1. The topological polar surface area (TPSA) is 96.3 Å². The molecular weight excluding hydrogens is 610 g/mol. The first-order valence-corrected chi connectivity index (χ1v) is 13.8. The number of halogens is 4. The van der Waals surface area contributed by atoms with Crippen LogP contribution in [-0.2, 0) is 21.9 Å². The lowest BCUT2D eigenvalue weighted by molar-refractivity contribution is 0.262. The van der Waals surface area contributed by atoms with Crippen LogP contribution < -0.4 is 14.9 Å². The van der Waals surface area contributed by atoms with Crippen LogP contribution in [0.5, 0.6) is 0 Å². The Balaban J connectivity index is 1.69. The van der Waals surface area contributed by atoms with Gasteiger partial charge in [-0.3, -0.25) is 9.62 Å². The number of benzene rings is 2. The van der Waals surface area contributed by atoms with E-state index in [4.69, 9.17) is 0 Å². The summed E-state index contributed by atoms with van der Waals surface area (Å²) in [5.41, 5.74) is 1.66. The van der Waals surface area contributed by atoms with Crippen molar-refractivity contribution >= 4 is 55.8 Å². The molecule has 1 unspecified atom stereocenters. The zero-order chi connectivity index (χ0) is 26.6. The minimum atomic E-state index is -3.46. The predicted octanol–water partition coefficient (Wildman–Crippen LogP) is 5.31.